The molecule has 0 bridgehead atoms. The van der Waals surface area contributed by atoms with E-state index < -0.39 is 11.9 Å². The van der Waals surface area contributed by atoms with Crippen molar-refractivity contribution in [3.63, 3.8) is 0 Å². The number of halogens is 2. The van der Waals surface area contributed by atoms with Crippen LogP contribution < -0.4 is 10.1 Å². The van der Waals surface area contributed by atoms with E-state index in [1.54, 1.807) is 53.9 Å². The largest absolute Gasteiger partial charge is 0.482 e. The number of fused-ring (bicyclic) bond motifs is 2. The molecule has 0 spiro atoms. The molecule has 5 heterocycles. The maximum atomic E-state index is 15.2. The second-order valence-electron chi connectivity index (χ2n) is 8.19. The standard InChI is InChI=1S/C25H20FN9O.ClH/c1-15(24-27-6-3-7-28-24)36-21-11-16(17-12-32-34(2)13-17)10-19-22(21)25(30-14-29-19)33-18-5-9-35-20(23(18)26)4-8-31-35;/h3-15H,1-2H3,(H,29,30,33);1H/t15-;/m1./s1. The van der Waals surface area contributed by atoms with Crippen LogP contribution in [0.1, 0.15) is 18.9 Å². The molecule has 186 valence electrons. The highest BCUT2D eigenvalue weighted by Gasteiger charge is 2.19. The molecule has 0 unspecified atom stereocenters. The Balaban J connectivity index is 0.00000280. The summed E-state index contributed by atoms with van der Waals surface area (Å²) < 4.78 is 24.7. The molecule has 10 nitrogen and oxygen atoms in total. The third-order valence-electron chi connectivity index (χ3n) is 5.76. The molecule has 0 aliphatic rings. The summed E-state index contributed by atoms with van der Waals surface area (Å²) in [5.74, 6) is 0.986. The molecule has 6 rings (SSSR count). The van der Waals surface area contributed by atoms with Crippen molar-refractivity contribution >= 4 is 40.3 Å². The predicted molar refractivity (Wildman–Crippen MR) is 138 cm³/mol. The lowest BCUT2D eigenvalue weighted by Gasteiger charge is -2.18. The zero-order chi connectivity index (χ0) is 24.6. The summed E-state index contributed by atoms with van der Waals surface area (Å²) in [6.07, 6.45) is 11.2. The minimum atomic E-state index is -0.466. The predicted octanol–water partition coefficient (Wildman–Crippen LogP) is 4.91. The fourth-order valence-electron chi connectivity index (χ4n) is 4.03. The maximum absolute atomic E-state index is 15.2. The number of hydrogen-bond donors (Lipinski definition) is 1. The smallest absolute Gasteiger partial charge is 0.172 e. The molecular weight excluding hydrogens is 497 g/mol. The summed E-state index contributed by atoms with van der Waals surface area (Å²) in [4.78, 5) is 17.5. The van der Waals surface area contributed by atoms with E-state index in [1.165, 1.54) is 10.8 Å². The summed E-state index contributed by atoms with van der Waals surface area (Å²) in [6.45, 7) is 1.86. The van der Waals surface area contributed by atoms with E-state index >= 15 is 4.39 Å². The summed E-state index contributed by atoms with van der Waals surface area (Å²) in [5.41, 5.74) is 2.99. The second kappa shape index (κ2) is 9.78. The van der Waals surface area contributed by atoms with Crippen molar-refractivity contribution in [3.8, 4) is 16.9 Å². The van der Waals surface area contributed by atoms with Crippen LogP contribution in [0.25, 0.3) is 27.5 Å². The topological polar surface area (TPSA) is 108 Å². The number of ether oxygens (including phenoxy) is 1. The maximum Gasteiger partial charge on any atom is 0.172 e. The zero-order valence-corrected chi connectivity index (χ0v) is 20.6. The van der Waals surface area contributed by atoms with Crippen LogP contribution in [0.15, 0.2) is 73.8 Å². The highest BCUT2D eigenvalue weighted by atomic mass is 35.5. The molecule has 5 aromatic heterocycles. The summed E-state index contributed by atoms with van der Waals surface area (Å²) in [5, 5.41) is 12.1. The van der Waals surface area contributed by atoms with Crippen molar-refractivity contribution < 1.29 is 9.13 Å². The van der Waals surface area contributed by atoms with E-state index in [0.717, 1.165) is 11.1 Å². The lowest BCUT2D eigenvalue weighted by Crippen LogP contribution is -2.08. The molecule has 1 atom stereocenters. The molecule has 6 aromatic rings. The van der Waals surface area contributed by atoms with Crippen molar-refractivity contribution in [2.24, 2.45) is 7.05 Å². The Labute approximate surface area is 216 Å². The lowest BCUT2D eigenvalue weighted by atomic mass is 10.1. The van der Waals surface area contributed by atoms with Gasteiger partial charge < -0.3 is 10.1 Å². The average molecular weight is 518 g/mol. The lowest BCUT2D eigenvalue weighted by molar-refractivity contribution is 0.219. The van der Waals surface area contributed by atoms with Crippen molar-refractivity contribution in [2.45, 2.75) is 13.0 Å². The molecule has 0 aliphatic heterocycles. The van der Waals surface area contributed by atoms with Gasteiger partial charge in [0.15, 0.2) is 17.7 Å². The van der Waals surface area contributed by atoms with Gasteiger partial charge in [-0.15, -0.1) is 12.4 Å². The highest BCUT2D eigenvalue weighted by Crippen LogP contribution is 2.38. The first kappa shape index (κ1) is 24.1. The Kier molecular flexibility index (Phi) is 6.36. The molecule has 0 amide bonds. The molecule has 12 heteroatoms. The van der Waals surface area contributed by atoms with E-state index in [9.17, 15) is 0 Å². The van der Waals surface area contributed by atoms with Crippen molar-refractivity contribution in [1.82, 2.24) is 39.3 Å². The summed E-state index contributed by atoms with van der Waals surface area (Å²) in [7, 11) is 1.85. The van der Waals surface area contributed by atoms with Gasteiger partial charge in [-0.3, -0.25) is 4.68 Å². The number of aryl methyl sites for hydroxylation is 1. The Morgan fingerprint density at radius 2 is 1.84 bits per heavy atom. The van der Waals surface area contributed by atoms with Crippen LogP contribution in [0.5, 0.6) is 5.75 Å². The molecule has 1 aromatic carbocycles. The van der Waals surface area contributed by atoms with Gasteiger partial charge in [0.1, 0.15) is 23.4 Å². The van der Waals surface area contributed by atoms with Crippen LogP contribution in [0, 0.1) is 5.82 Å². The van der Waals surface area contributed by atoms with Gasteiger partial charge in [-0.05, 0) is 42.8 Å². The number of rotatable bonds is 6. The molecular formula is C25H21ClFN9O. The molecule has 0 saturated carbocycles. The number of aromatic nitrogens is 8. The van der Waals surface area contributed by atoms with Crippen molar-refractivity contribution in [1.29, 1.82) is 0 Å². The Morgan fingerprint density at radius 1 is 1.00 bits per heavy atom. The average Bonchev–Trinajstić information content (AvgIpc) is 3.55. The van der Waals surface area contributed by atoms with Gasteiger partial charge in [-0.2, -0.15) is 10.2 Å². The number of benzene rings is 1. The second-order valence-corrected chi connectivity index (χ2v) is 8.19. The molecule has 37 heavy (non-hydrogen) atoms. The van der Waals surface area contributed by atoms with Gasteiger partial charge in [0.25, 0.3) is 0 Å². The quantitative estimate of drug-likeness (QED) is 0.332. The van der Waals surface area contributed by atoms with Crippen LogP contribution in [-0.2, 0) is 7.05 Å². The van der Waals surface area contributed by atoms with E-state index in [2.05, 4.69) is 35.5 Å². The van der Waals surface area contributed by atoms with Gasteiger partial charge in [-0.25, -0.2) is 28.8 Å². The number of nitrogens with one attached hydrogen (secondary N) is 1. The molecule has 0 radical (unpaired) electrons. The minimum Gasteiger partial charge on any atom is -0.482 e. The monoisotopic (exact) mass is 517 g/mol. The Morgan fingerprint density at radius 3 is 2.62 bits per heavy atom. The van der Waals surface area contributed by atoms with Crippen molar-refractivity contribution in [2.75, 3.05) is 5.32 Å². The van der Waals surface area contributed by atoms with Crippen LogP contribution >= 0.6 is 12.4 Å². The molecule has 0 aliphatic carbocycles. The normalized spacial score (nSPS) is 11.9. The van der Waals surface area contributed by atoms with Crippen LogP contribution in [0.2, 0.25) is 0 Å². The number of hydrogen-bond acceptors (Lipinski definition) is 8. The Hall–Kier alpha value is -4.64. The highest BCUT2D eigenvalue weighted by molar-refractivity contribution is 5.98. The van der Waals surface area contributed by atoms with E-state index in [1.807, 2.05) is 32.3 Å². The number of pyridine rings is 1. The third-order valence-corrected chi connectivity index (χ3v) is 5.76. The van der Waals surface area contributed by atoms with E-state index in [-0.39, 0.29) is 18.1 Å². The van der Waals surface area contributed by atoms with Crippen LogP contribution in [0.4, 0.5) is 15.9 Å². The van der Waals surface area contributed by atoms with Crippen LogP contribution in [-0.4, -0.2) is 39.3 Å². The van der Waals surface area contributed by atoms with Crippen LogP contribution in [0.3, 0.4) is 0 Å². The van der Waals surface area contributed by atoms with Gasteiger partial charge in [-0.1, -0.05) is 0 Å². The number of anilines is 2. The number of nitrogens with zero attached hydrogens (tertiary/aromatic N) is 8. The molecule has 1 N–H and O–H groups in total. The van der Waals surface area contributed by atoms with E-state index in [0.29, 0.717) is 33.8 Å². The summed E-state index contributed by atoms with van der Waals surface area (Å²) >= 11 is 0. The zero-order valence-electron chi connectivity index (χ0n) is 19.8. The first-order valence-electron chi connectivity index (χ1n) is 11.2. The van der Waals surface area contributed by atoms with Gasteiger partial charge >= 0.3 is 0 Å². The first-order chi connectivity index (χ1) is 17.6. The fraction of sp³-hybridized carbons (Fsp3) is 0.120. The Bertz CT molecular complexity index is 1700. The van der Waals surface area contributed by atoms with Crippen molar-refractivity contribution in [3.05, 3.63) is 85.5 Å². The minimum absolute atomic E-state index is 0. The molecule has 0 fully saturated rings. The molecule has 0 saturated heterocycles. The van der Waals surface area contributed by atoms with Gasteiger partial charge in [0, 0.05) is 37.4 Å². The van der Waals surface area contributed by atoms with Gasteiger partial charge in [0.05, 0.1) is 29.0 Å². The first-order valence-corrected chi connectivity index (χ1v) is 11.2. The third kappa shape index (κ3) is 4.52. The van der Waals surface area contributed by atoms with E-state index in [4.69, 9.17) is 4.74 Å². The SMILES string of the molecule is C[C@@H](Oc1cc(-c2cnn(C)c2)cc2ncnc(Nc3ccn4nccc4c3F)c12)c1ncccn1.Cl. The van der Waals surface area contributed by atoms with Gasteiger partial charge in [0.2, 0.25) is 0 Å². The fourth-order valence-corrected chi connectivity index (χ4v) is 4.03. The summed E-state index contributed by atoms with van der Waals surface area (Å²) in [6, 6.07) is 8.77.